The van der Waals surface area contributed by atoms with Crippen molar-refractivity contribution in [2.24, 2.45) is 52.8 Å². The van der Waals surface area contributed by atoms with Crippen molar-refractivity contribution < 1.29 is 38.9 Å². The number of hydrogen-bond acceptors (Lipinski definition) is 10. The summed E-state index contributed by atoms with van der Waals surface area (Å²) in [5, 5.41) is 29.2. The number of amides is 2. The normalized spacial score (nSPS) is 40.5. The molecule has 0 radical (unpaired) electrons. The summed E-state index contributed by atoms with van der Waals surface area (Å²) in [6.07, 6.45) is 5.80. The predicted molar refractivity (Wildman–Crippen MR) is 188 cm³/mol. The molecule has 50 heavy (non-hydrogen) atoms. The summed E-state index contributed by atoms with van der Waals surface area (Å²) in [5.41, 5.74) is 0.303. The summed E-state index contributed by atoms with van der Waals surface area (Å²) in [6.45, 7) is 10.7. The number of nitrogens with zero attached hydrogens (tertiary/aromatic N) is 2. The fourth-order valence-corrected chi connectivity index (χ4v) is 10.9. The van der Waals surface area contributed by atoms with Crippen molar-refractivity contribution in [1.29, 1.82) is 0 Å². The number of aliphatic hydroxyl groups excluding tert-OH is 2. The van der Waals surface area contributed by atoms with Crippen LogP contribution in [0.5, 0.6) is 0 Å². The maximum absolute atomic E-state index is 14.2. The molecule has 6 unspecified atom stereocenters. The van der Waals surface area contributed by atoms with Gasteiger partial charge in [0.05, 0.1) is 25.4 Å². The molecule has 2 amide bonds. The maximum Gasteiger partial charge on any atom is 0.325 e. The number of nitrogens with one attached hydrogen (secondary N) is 2. The molecule has 0 aromatic rings. The fraction of sp³-hybridized carbons (Fsp3) is 0.921. The van der Waals surface area contributed by atoms with Gasteiger partial charge in [0, 0.05) is 43.5 Å². The van der Waals surface area contributed by atoms with Crippen molar-refractivity contribution in [3.63, 3.8) is 0 Å². The van der Waals surface area contributed by atoms with Gasteiger partial charge >= 0.3 is 5.97 Å². The van der Waals surface area contributed by atoms with E-state index in [0.717, 1.165) is 44.9 Å². The quantitative estimate of drug-likeness (QED) is 0.211. The minimum Gasteiger partial charge on any atom is -0.465 e. The van der Waals surface area contributed by atoms with Gasteiger partial charge in [-0.2, -0.15) is 5.06 Å². The van der Waals surface area contributed by atoms with E-state index in [0.29, 0.717) is 29.7 Å². The van der Waals surface area contributed by atoms with Gasteiger partial charge in [-0.1, -0.05) is 27.2 Å². The van der Waals surface area contributed by atoms with Crippen LogP contribution in [0.25, 0.3) is 0 Å². The van der Waals surface area contributed by atoms with Gasteiger partial charge in [0.25, 0.3) is 0 Å². The molecule has 286 valence electrons. The molecule has 12 nitrogen and oxygen atoms in total. The highest BCUT2D eigenvalue weighted by Crippen LogP contribution is 2.61. The zero-order chi connectivity index (χ0) is 36.5. The van der Waals surface area contributed by atoms with Crippen LogP contribution in [-0.4, -0.2) is 122 Å². The number of rotatable bonds is 13. The largest absolute Gasteiger partial charge is 0.465 e. The number of methoxy groups -OCH3 is 1. The average molecular weight is 707 g/mol. The molecule has 6 rings (SSSR count). The number of hydrogen-bond donors (Lipinski definition) is 4. The Bertz CT molecular complexity index is 1180. The molecule has 12 heteroatoms. The first-order valence-corrected chi connectivity index (χ1v) is 19.4. The third kappa shape index (κ3) is 8.05. The lowest BCUT2D eigenvalue weighted by atomic mass is 9.45. The number of aliphatic hydroxyl groups is 2. The first-order valence-electron chi connectivity index (χ1n) is 19.4. The number of carbonyl (C=O) groups is 3. The fourth-order valence-electron chi connectivity index (χ4n) is 10.9. The van der Waals surface area contributed by atoms with E-state index in [9.17, 15) is 24.6 Å². The van der Waals surface area contributed by atoms with Crippen LogP contribution in [-0.2, 0) is 28.7 Å². The van der Waals surface area contributed by atoms with Crippen molar-refractivity contribution >= 4 is 17.8 Å². The first kappa shape index (κ1) is 39.4. The highest BCUT2D eigenvalue weighted by molar-refractivity contribution is 5.84. The Balaban J connectivity index is 1.30. The third-order valence-corrected chi connectivity index (χ3v) is 13.9. The van der Waals surface area contributed by atoms with Crippen molar-refractivity contribution in [2.75, 3.05) is 47.5 Å². The van der Waals surface area contributed by atoms with Crippen LogP contribution in [0.15, 0.2) is 0 Å². The van der Waals surface area contributed by atoms with E-state index in [1.165, 1.54) is 6.42 Å². The minimum absolute atomic E-state index is 0.0546. The molecule has 4 N–H and O–H groups in total. The number of ether oxygens (including phenoxy) is 2. The van der Waals surface area contributed by atoms with Crippen molar-refractivity contribution in [2.45, 2.75) is 122 Å². The Kier molecular flexibility index (Phi) is 13.0. The Morgan fingerprint density at radius 2 is 1.82 bits per heavy atom. The Morgan fingerprint density at radius 3 is 2.42 bits per heavy atom. The third-order valence-electron chi connectivity index (χ3n) is 13.9. The predicted octanol–water partition coefficient (Wildman–Crippen LogP) is 2.60. The van der Waals surface area contributed by atoms with E-state index in [2.05, 4.69) is 50.4 Å². The van der Waals surface area contributed by atoms with Crippen molar-refractivity contribution in [3.05, 3.63) is 0 Å². The van der Waals surface area contributed by atoms with Gasteiger partial charge in [0.15, 0.2) is 0 Å². The highest BCUT2D eigenvalue weighted by atomic mass is 16.7. The Hall–Kier alpha value is -1.83. The smallest absolute Gasteiger partial charge is 0.325 e. The molecule has 2 bridgehead atoms. The molecule has 0 aromatic heterocycles. The lowest BCUT2D eigenvalue weighted by molar-refractivity contribution is -0.193. The zero-order valence-corrected chi connectivity index (χ0v) is 31.8. The van der Waals surface area contributed by atoms with Gasteiger partial charge in [-0.15, -0.1) is 0 Å². The summed E-state index contributed by atoms with van der Waals surface area (Å²) in [4.78, 5) is 48.1. The Labute approximate surface area is 299 Å². The molecule has 0 spiro atoms. The first-order chi connectivity index (χ1) is 23.7. The summed E-state index contributed by atoms with van der Waals surface area (Å²) in [5.74, 6) is 0.564. The lowest BCUT2D eigenvalue weighted by Crippen LogP contribution is -2.62. The van der Waals surface area contributed by atoms with Gasteiger partial charge in [-0.05, 0) is 108 Å². The second kappa shape index (κ2) is 16.5. The monoisotopic (exact) mass is 706 g/mol. The molecule has 6 fully saturated rings. The average Bonchev–Trinajstić information content (AvgIpc) is 3.46. The second-order valence-electron chi connectivity index (χ2n) is 17.1. The molecule has 5 saturated carbocycles. The topological polar surface area (TPSA) is 150 Å². The summed E-state index contributed by atoms with van der Waals surface area (Å²) in [7, 11) is 5.87. The van der Waals surface area contributed by atoms with Crippen LogP contribution >= 0.6 is 0 Å². The Morgan fingerprint density at radius 1 is 1.08 bits per heavy atom. The van der Waals surface area contributed by atoms with Crippen molar-refractivity contribution in [3.8, 4) is 0 Å². The van der Waals surface area contributed by atoms with E-state index in [1.54, 1.807) is 26.0 Å². The molecular formula is C38H66N4O8. The van der Waals surface area contributed by atoms with E-state index in [1.807, 2.05) is 0 Å². The standard InChI is InChI=1S/C38H66N4O8/c1-9-49-32(45)18-39-36(46)25-13-24(14-27(15-25)41(6)7)28-12-10-11-23(35(28)48-8)19-42-34(33(22(3)44)31(20-43)50-42)37(47)40-30-17-26-16-29(21(30)2)38(26,4)5/h21-31,33-35,43-44H,9-20H2,1-8H3,(H,39,46)(H,40,47)/t21-,22-,23?,24?,25?,26+,27?,28?,29-,30-,31-,33+,34-,35?/m0/s1. The zero-order valence-electron chi connectivity index (χ0n) is 31.8. The minimum atomic E-state index is -0.849. The number of hydroxylamine groups is 2. The molecule has 1 aliphatic heterocycles. The van der Waals surface area contributed by atoms with Gasteiger partial charge < -0.3 is 35.2 Å². The summed E-state index contributed by atoms with van der Waals surface area (Å²) < 4.78 is 11.3. The van der Waals surface area contributed by atoms with Crippen molar-refractivity contribution in [1.82, 2.24) is 20.6 Å². The van der Waals surface area contributed by atoms with E-state index in [4.69, 9.17) is 14.3 Å². The van der Waals surface area contributed by atoms with Crippen LogP contribution in [0, 0.1) is 52.8 Å². The molecule has 0 aromatic carbocycles. The van der Waals surface area contributed by atoms with Gasteiger partial charge in [-0.25, -0.2) is 0 Å². The maximum atomic E-state index is 14.2. The number of carbonyl (C=O) groups excluding carboxylic acids is 3. The van der Waals surface area contributed by atoms with Crippen LogP contribution in [0.3, 0.4) is 0 Å². The molecule has 14 atom stereocenters. The molecule has 5 aliphatic carbocycles. The molecule has 6 aliphatic rings. The summed E-state index contributed by atoms with van der Waals surface area (Å²) in [6, 6.07) is -0.437. The lowest BCUT2D eigenvalue weighted by Gasteiger charge is -2.62. The van der Waals surface area contributed by atoms with E-state index < -0.39 is 30.1 Å². The van der Waals surface area contributed by atoms with Gasteiger partial charge in [0.2, 0.25) is 11.8 Å². The van der Waals surface area contributed by atoms with Gasteiger partial charge in [-0.3, -0.25) is 19.2 Å². The van der Waals surface area contributed by atoms with Crippen LogP contribution in [0.1, 0.15) is 86.0 Å². The molecule has 1 saturated heterocycles. The SMILES string of the molecule is CCOC(=O)CNC(=O)C1CC(C2CCCC(CN3O[C@@H](CO)[C@@H]([C@H](C)O)[C@H]3C(=O)N[C@H]3C[C@H]4C[C@@H]([C@@H]3C)C4(C)C)C2OC)CC(N(C)C)C1. The van der Waals surface area contributed by atoms with Crippen LogP contribution in [0.2, 0.25) is 0 Å². The van der Waals surface area contributed by atoms with Crippen LogP contribution < -0.4 is 10.6 Å². The van der Waals surface area contributed by atoms with Gasteiger partial charge in [0.1, 0.15) is 18.7 Å². The second-order valence-corrected chi connectivity index (χ2v) is 17.1. The molecule has 1 heterocycles. The van der Waals surface area contributed by atoms with Crippen LogP contribution in [0.4, 0.5) is 0 Å². The number of fused-ring (bicyclic) bond motifs is 2. The highest BCUT2D eigenvalue weighted by Gasteiger charge is 2.58. The molecular weight excluding hydrogens is 640 g/mol. The van der Waals surface area contributed by atoms with E-state index >= 15 is 0 Å². The summed E-state index contributed by atoms with van der Waals surface area (Å²) >= 11 is 0. The van der Waals surface area contributed by atoms with E-state index in [-0.39, 0.29) is 73.4 Å². The number of esters is 1.